The quantitative estimate of drug-likeness (QED) is 0.796. The molecular weight excluding hydrogens is 214 g/mol. The molecule has 3 nitrogen and oxygen atoms in total. The summed E-state index contributed by atoms with van der Waals surface area (Å²) in [5.74, 6) is -0.355. The molecule has 0 bridgehead atoms. The molecule has 0 spiro atoms. The third-order valence-corrected chi connectivity index (χ3v) is 3.21. The van der Waals surface area contributed by atoms with Crippen molar-refractivity contribution in [3.63, 3.8) is 0 Å². The van der Waals surface area contributed by atoms with E-state index in [-0.39, 0.29) is 0 Å². The molecule has 0 aliphatic carbocycles. The molecule has 0 heterocycles. The van der Waals surface area contributed by atoms with Crippen molar-refractivity contribution in [1.29, 1.82) is 0 Å². The highest BCUT2D eigenvalue weighted by molar-refractivity contribution is 5.73. The van der Waals surface area contributed by atoms with Gasteiger partial charge in [-0.1, -0.05) is 38.1 Å². The zero-order valence-electron chi connectivity index (χ0n) is 10.5. The van der Waals surface area contributed by atoms with E-state index in [0.717, 1.165) is 18.4 Å². The summed E-state index contributed by atoms with van der Waals surface area (Å²) >= 11 is 0. The second kappa shape index (κ2) is 6.40. The van der Waals surface area contributed by atoms with Crippen molar-refractivity contribution in [2.45, 2.75) is 45.1 Å². The number of aliphatic carboxylic acids is 1. The summed E-state index contributed by atoms with van der Waals surface area (Å²) in [5.41, 5.74) is 7.80. The Morgan fingerprint density at radius 1 is 1.24 bits per heavy atom. The molecule has 1 aromatic rings. The summed E-state index contributed by atoms with van der Waals surface area (Å²) in [6, 6.07) is 7.32. The van der Waals surface area contributed by atoms with E-state index >= 15 is 0 Å². The molecule has 1 atom stereocenters. The van der Waals surface area contributed by atoms with Gasteiger partial charge in [-0.3, -0.25) is 4.79 Å². The predicted octanol–water partition coefficient (Wildman–Crippen LogP) is 2.54. The Balaban J connectivity index is 2.71. The summed E-state index contributed by atoms with van der Waals surface area (Å²) < 4.78 is 0. The van der Waals surface area contributed by atoms with Crippen molar-refractivity contribution >= 4 is 5.97 Å². The molecule has 3 heteroatoms. The van der Waals surface area contributed by atoms with Gasteiger partial charge in [-0.2, -0.15) is 0 Å². The SMILES string of the molecule is CCC(CC)c1ccc(CC(N)C(=O)O)cc1. The Kier molecular flexibility index (Phi) is 5.16. The van der Waals surface area contributed by atoms with Gasteiger partial charge in [0, 0.05) is 0 Å². The van der Waals surface area contributed by atoms with Gasteiger partial charge >= 0.3 is 5.97 Å². The number of carbonyl (C=O) groups is 1. The van der Waals surface area contributed by atoms with Gasteiger partial charge in [0.05, 0.1) is 0 Å². The van der Waals surface area contributed by atoms with Crippen molar-refractivity contribution in [3.8, 4) is 0 Å². The maximum absolute atomic E-state index is 10.6. The topological polar surface area (TPSA) is 63.3 Å². The van der Waals surface area contributed by atoms with Gasteiger partial charge in [-0.05, 0) is 36.3 Å². The molecule has 94 valence electrons. The molecule has 0 aliphatic rings. The summed E-state index contributed by atoms with van der Waals surface area (Å²) in [5, 5.41) is 8.74. The van der Waals surface area contributed by atoms with E-state index in [0.29, 0.717) is 12.3 Å². The number of hydrogen-bond donors (Lipinski definition) is 2. The molecule has 0 saturated carbocycles. The lowest BCUT2D eigenvalue weighted by Crippen LogP contribution is -2.32. The second-order valence-electron chi connectivity index (χ2n) is 4.40. The first-order valence-electron chi connectivity index (χ1n) is 6.15. The van der Waals surface area contributed by atoms with Gasteiger partial charge in [0.15, 0.2) is 0 Å². The summed E-state index contributed by atoms with van der Waals surface area (Å²) in [4.78, 5) is 10.6. The fourth-order valence-electron chi connectivity index (χ4n) is 2.03. The Labute approximate surface area is 103 Å². The molecule has 0 fully saturated rings. The maximum Gasteiger partial charge on any atom is 0.320 e. The predicted molar refractivity (Wildman–Crippen MR) is 69.1 cm³/mol. The smallest absolute Gasteiger partial charge is 0.320 e. The molecule has 0 aromatic heterocycles. The average molecular weight is 235 g/mol. The van der Waals surface area contributed by atoms with Crippen LogP contribution in [0.4, 0.5) is 0 Å². The zero-order valence-corrected chi connectivity index (χ0v) is 10.5. The van der Waals surface area contributed by atoms with Gasteiger partial charge in [-0.25, -0.2) is 0 Å². The van der Waals surface area contributed by atoms with Crippen molar-refractivity contribution in [1.82, 2.24) is 0 Å². The van der Waals surface area contributed by atoms with Crippen LogP contribution in [-0.4, -0.2) is 17.1 Å². The molecule has 1 rings (SSSR count). The second-order valence-corrected chi connectivity index (χ2v) is 4.40. The molecule has 0 amide bonds. The van der Waals surface area contributed by atoms with Gasteiger partial charge in [0.2, 0.25) is 0 Å². The standard InChI is InChI=1S/C14H21NO2/c1-3-11(4-2)12-7-5-10(6-8-12)9-13(15)14(16)17/h5-8,11,13H,3-4,9,15H2,1-2H3,(H,16,17). The highest BCUT2D eigenvalue weighted by atomic mass is 16.4. The Morgan fingerprint density at radius 3 is 2.18 bits per heavy atom. The normalized spacial score (nSPS) is 12.7. The minimum Gasteiger partial charge on any atom is -0.480 e. The van der Waals surface area contributed by atoms with Crippen LogP contribution in [0.1, 0.15) is 43.7 Å². The third-order valence-electron chi connectivity index (χ3n) is 3.21. The van der Waals surface area contributed by atoms with Gasteiger partial charge in [0.25, 0.3) is 0 Å². The summed E-state index contributed by atoms with van der Waals surface area (Å²) in [6.07, 6.45) is 2.65. The monoisotopic (exact) mass is 235 g/mol. The highest BCUT2D eigenvalue weighted by Crippen LogP contribution is 2.23. The Morgan fingerprint density at radius 2 is 1.76 bits per heavy atom. The fraction of sp³-hybridized carbons (Fsp3) is 0.500. The van der Waals surface area contributed by atoms with Crippen molar-refractivity contribution in [2.75, 3.05) is 0 Å². The van der Waals surface area contributed by atoms with Crippen molar-refractivity contribution < 1.29 is 9.90 Å². The van der Waals surface area contributed by atoms with Crippen LogP contribution in [0.5, 0.6) is 0 Å². The largest absolute Gasteiger partial charge is 0.480 e. The van der Waals surface area contributed by atoms with E-state index in [2.05, 4.69) is 26.0 Å². The van der Waals surface area contributed by atoms with E-state index < -0.39 is 12.0 Å². The molecular formula is C14H21NO2. The number of carboxylic acid groups (broad SMARTS) is 1. The summed E-state index contributed by atoms with van der Waals surface area (Å²) in [6.45, 7) is 4.37. The van der Waals surface area contributed by atoms with Crippen molar-refractivity contribution in [3.05, 3.63) is 35.4 Å². The average Bonchev–Trinajstić information content (AvgIpc) is 2.32. The molecule has 17 heavy (non-hydrogen) atoms. The lowest BCUT2D eigenvalue weighted by molar-refractivity contribution is -0.138. The molecule has 0 saturated heterocycles. The number of hydrogen-bond acceptors (Lipinski definition) is 2. The van der Waals surface area contributed by atoms with E-state index in [1.165, 1.54) is 5.56 Å². The Bertz CT molecular complexity index is 355. The van der Waals surface area contributed by atoms with Crippen LogP contribution >= 0.6 is 0 Å². The van der Waals surface area contributed by atoms with Crippen LogP contribution in [0, 0.1) is 0 Å². The van der Waals surface area contributed by atoms with Crippen LogP contribution in [0.25, 0.3) is 0 Å². The van der Waals surface area contributed by atoms with Gasteiger partial charge in [-0.15, -0.1) is 0 Å². The van der Waals surface area contributed by atoms with Crippen LogP contribution < -0.4 is 5.73 Å². The number of rotatable bonds is 6. The highest BCUT2D eigenvalue weighted by Gasteiger charge is 2.12. The van der Waals surface area contributed by atoms with E-state index in [1.54, 1.807) is 0 Å². The lowest BCUT2D eigenvalue weighted by atomic mass is 9.92. The number of carboxylic acids is 1. The van der Waals surface area contributed by atoms with E-state index in [4.69, 9.17) is 10.8 Å². The molecule has 3 N–H and O–H groups in total. The van der Waals surface area contributed by atoms with Gasteiger partial charge < -0.3 is 10.8 Å². The molecule has 0 radical (unpaired) electrons. The van der Waals surface area contributed by atoms with Gasteiger partial charge in [0.1, 0.15) is 6.04 Å². The van der Waals surface area contributed by atoms with Crippen LogP contribution in [-0.2, 0) is 11.2 Å². The zero-order chi connectivity index (χ0) is 12.8. The van der Waals surface area contributed by atoms with Crippen LogP contribution in [0.15, 0.2) is 24.3 Å². The van der Waals surface area contributed by atoms with Crippen LogP contribution in [0.3, 0.4) is 0 Å². The number of nitrogens with two attached hydrogens (primary N) is 1. The van der Waals surface area contributed by atoms with E-state index in [1.807, 2.05) is 12.1 Å². The van der Waals surface area contributed by atoms with Crippen LogP contribution in [0.2, 0.25) is 0 Å². The molecule has 0 aliphatic heterocycles. The van der Waals surface area contributed by atoms with E-state index in [9.17, 15) is 4.79 Å². The van der Waals surface area contributed by atoms with Crippen molar-refractivity contribution in [2.24, 2.45) is 5.73 Å². The fourth-order valence-corrected chi connectivity index (χ4v) is 2.03. The third kappa shape index (κ3) is 3.86. The molecule has 1 aromatic carbocycles. The maximum atomic E-state index is 10.6. The first-order chi connectivity index (χ1) is 8.08. The minimum absolute atomic E-state index is 0.387. The molecule has 1 unspecified atom stereocenters. The number of benzene rings is 1. The first-order valence-corrected chi connectivity index (χ1v) is 6.15. The minimum atomic E-state index is -0.950. The first kappa shape index (κ1) is 13.7. The summed E-state index contributed by atoms with van der Waals surface area (Å²) in [7, 11) is 0. The Hall–Kier alpha value is -1.35. The lowest BCUT2D eigenvalue weighted by Gasteiger charge is -2.13.